The van der Waals surface area contributed by atoms with Gasteiger partial charge < -0.3 is 10.6 Å². The highest BCUT2D eigenvalue weighted by Crippen LogP contribution is 2.43. The van der Waals surface area contributed by atoms with E-state index in [0.717, 1.165) is 18.4 Å². The molecule has 1 saturated carbocycles. The van der Waals surface area contributed by atoms with Gasteiger partial charge in [0.15, 0.2) is 0 Å². The number of rotatable bonds is 4. The van der Waals surface area contributed by atoms with Crippen molar-refractivity contribution in [1.82, 2.24) is 5.32 Å². The summed E-state index contributed by atoms with van der Waals surface area (Å²) in [5.41, 5.74) is 1.59. The largest absolute Gasteiger partial charge is 0.347 e. The molecule has 1 aromatic rings. The molecule has 0 unspecified atom stereocenters. The van der Waals surface area contributed by atoms with Crippen LogP contribution in [0.5, 0.6) is 0 Å². The van der Waals surface area contributed by atoms with E-state index in [1.54, 1.807) is 12.1 Å². The van der Waals surface area contributed by atoms with Gasteiger partial charge in [0, 0.05) is 5.92 Å². The third-order valence-corrected chi connectivity index (χ3v) is 4.75. The van der Waals surface area contributed by atoms with E-state index < -0.39 is 0 Å². The SMILES string of the molecule is Cc1ccc(NC(=O)CNC(=O)[C@@H]2C[C@H]3C=C[C@H]2C3)c(Cl)c1. The minimum absolute atomic E-state index is 0.0192. The van der Waals surface area contributed by atoms with E-state index in [0.29, 0.717) is 22.5 Å². The lowest BCUT2D eigenvalue weighted by molar-refractivity contribution is -0.127. The maximum atomic E-state index is 12.2. The number of aryl methyl sites for hydroxylation is 1. The van der Waals surface area contributed by atoms with Crippen LogP contribution in [0.4, 0.5) is 5.69 Å². The Balaban J connectivity index is 1.50. The summed E-state index contributed by atoms with van der Waals surface area (Å²) < 4.78 is 0. The van der Waals surface area contributed by atoms with Gasteiger partial charge in [0.25, 0.3) is 0 Å². The molecule has 2 aliphatic rings. The number of carbonyl (C=O) groups is 2. The Morgan fingerprint density at radius 3 is 2.73 bits per heavy atom. The summed E-state index contributed by atoms with van der Waals surface area (Å²) in [6.07, 6.45) is 6.30. The molecular weight excluding hydrogens is 300 g/mol. The van der Waals surface area contributed by atoms with Gasteiger partial charge in [-0.1, -0.05) is 29.8 Å². The molecule has 22 heavy (non-hydrogen) atoms. The smallest absolute Gasteiger partial charge is 0.243 e. The maximum absolute atomic E-state index is 12.2. The minimum atomic E-state index is -0.266. The number of hydrogen-bond acceptors (Lipinski definition) is 2. The molecule has 0 heterocycles. The van der Waals surface area contributed by atoms with Crippen molar-refractivity contribution in [2.24, 2.45) is 17.8 Å². The number of amides is 2. The van der Waals surface area contributed by atoms with Crippen molar-refractivity contribution in [2.45, 2.75) is 19.8 Å². The Kier molecular flexibility index (Phi) is 4.21. The molecule has 0 radical (unpaired) electrons. The monoisotopic (exact) mass is 318 g/mol. The summed E-state index contributed by atoms with van der Waals surface area (Å²) >= 11 is 6.07. The van der Waals surface area contributed by atoms with E-state index in [-0.39, 0.29) is 24.3 Å². The molecule has 2 N–H and O–H groups in total. The van der Waals surface area contributed by atoms with Crippen molar-refractivity contribution in [1.29, 1.82) is 0 Å². The van der Waals surface area contributed by atoms with Crippen LogP contribution in [-0.4, -0.2) is 18.4 Å². The van der Waals surface area contributed by atoms with Gasteiger partial charge in [-0.15, -0.1) is 0 Å². The predicted molar refractivity (Wildman–Crippen MR) is 86.7 cm³/mol. The fourth-order valence-corrected chi connectivity index (χ4v) is 3.58. The van der Waals surface area contributed by atoms with E-state index in [1.165, 1.54) is 0 Å². The predicted octanol–water partition coefficient (Wildman–Crippen LogP) is 2.92. The first-order valence-electron chi connectivity index (χ1n) is 7.55. The average Bonchev–Trinajstić information content (AvgIpc) is 3.10. The third-order valence-electron chi connectivity index (χ3n) is 4.44. The van der Waals surface area contributed by atoms with Crippen LogP contribution in [0.15, 0.2) is 30.4 Å². The van der Waals surface area contributed by atoms with Gasteiger partial charge in [-0.3, -0.25) is 9.59 Å². The van der Waals surface area contributed by atoms with E-state index in [4.69, 9.17) is 11.6 Å². The first-order chi connectivity index (χ1) is 10.5. The third kappa shape index (κ3) is 3.17. The summed E-state index contributed by atoms with van der Waals surface area (Å²) in [6, 6.07) is 5.43. The molecule has 4 nitrogen and oxygen atoms in total. The zero-order chi connectivity index (χ0) is 15.7. The normalized spacial score (nSPS) is 25.3. The molecule has 1 aromatic carbocycles. The molecule has 0 spiro atoms. The lowest BCUT2D eigenvalue weighted by Crippen LogP contribution is -2.38. The highest BCUT2D eigenvalue weighted by atomic mass is 35.5. The van der Waals surface area contributed by atoms with Gasteiger partial charge in [-0.25, -0.2) is 0 Å². The second-order valence-corrected chi connectivity index (χ2v) is 6.54. The highest BCUT2D eigenvalue weighted by Gasteiger charge is 2.39. The van der Waals surface area contributed by atoms with Gasteiger partial charge in [-0.2, -0.15) is 0 Å². The molecule has 3 rings (SSSR count). The molecule has 0 aliphatic heterocycles. The molecule has 2 aliphatic carbocycles. The number of nitrogens with one attached hydrogen (secondary N) is 2. The van der Waals surface area contributed by atoms with Crippen molar-refractivity contribution in [2.75, 3.05) is 11.9 Å². The number of benzene rings is 1. The summed E-state index contributed by atoms with van der Waals surface area (Å²) in [4.78, 5) is 24.1. The van der Waals surface area contributed by atoms with Crippen LogP contribution in [0.2, 0.25) is 5.02 Å². The second-order valence-electron chi connectivity index (χ2n) is 6.14. The fraction of sp³-hybridized carbons (Fsp3) is 0.412. The molecular formula is C17H19ClN2O2. The van der Waals surface area contributed by atoms with Crippen LogP contribution in [0.1, 0.15) is 18.4 Å². The van der Waals surface area contributed by atoms with Crippen molar-refractivity contribution in [3.05, 3.63) is 40.9 Å². The molecule has 1 fully saturated rings. The molecule has 2 bridgehead atoms. The number of allylic oxidation sites excluding steroid dienone is 2. The van der Waals surface area contributed by atoms with E-state index in [9.17, 15) is 9.59 Å². The molecule has 0 saturated heterocycles. The van der Waals surface area contributed by atoms with Gasteiger partial charge in [0.2, 0.25) is 11.8 Å². The number of halogens is 1. The second kappa shape index (κ2) is 6.13. The summed E-state index contributed by atoms with van der Waals surface area (Å²) in [7, 11) is 0. The number of anilines is 1. The van der Waals surface area contributed by atoms with Crippen LogP contribution in [-0.2, 0) is 9.59 Å². The van der Waals surface area contributed by atoms with Crippen molar-refractivity contribution in [3.63, 3.8) is 0 Å². The summed E-state index contributed by atoms with van der Waals surface area (Å²) in [5.74, 6) is 0.617. The summed E-state index contributed by atoms with van der Waals surface area (Å²) in [5, 5.41) is 5.95. The van der Waals surface area contributed by atoms with E-state index in [2.05, 4.69) is 22.8 Å². The molecule has 0 aromatic heterocycles. The summed E-state index contributed by atoms with van der Waals surface area (Å²) in [6.45, 7) is 1.90. The topological polar surface area (TPSA) is 58.2 Å². The highest BCUT2D eigenvalue weighted by molar-refractivity contribution is 6.33. The van der Waals surface area contributed by atoms with Crippen molar-refractivity contribution in [3.8, 4) is 0 Å². The van der Waals surface area contributed by atoms with Crippen LogP contribution < -0.4 is 10.6 Å². The Morgan fingerprint density at radius 1 is 1.27 bits per heavy atom. The van der Waals surface area contributed by atoms with Crippen molar-refractivity contribution >= 4 is 29.1 Å². The Labute approximate surface area is 134 Å². The van der Waals surface area contributed by atoms with Crippen LogP contribution in [0.25, 0.3) is 0 Å². The number of hydrogen-bond donors (Lipinski definition) is 2. The number of fused-ring (bicyclic) bond motifs is 2. The molecule has 2 amide bonds. The van der Waals surface area contributed by atoms with E-state index in [1.807, 2.05) is 13.0 Å². The first-order valence-corrected chi connectivity index (χ1v) is 7.93. The van der Waals surface area contributed by atoms with Crippen LogP contribution >= 0.6 is 11.6 Å². The fourth-order valence-electron chi connectivity index (χ4n) is 3.30. The van der Waals surface area contributed by atoms with Crippen molar-refractivity contribution < 1.29 is 9.59 Å². The minimum Gasteiger partial charge on any atom is -0.347 e. The van der Waals surface area contributed by atoms with Gasteiger partial charge in [-0.05, 0) is 49.3 Å². The Morgan fingerprint density at radius 2 is 2.09 bits per heavy atom. The quantitative estimate of drug-likeness (QED) is 0.839. The molecule has 5 heteroatoms. The standard InChI is InChI=1S/C17H19ClN2O2/c1-10-2-5-15(14(18)6-10)20-16(21)9-19-17(22)13-8-11-3-4-12(13)7-11/h2-6,11-13H,7-9H2,1H3,(H,19,22)(H,20,21)/t11-,12-,13+/m0/s1. The Bertz CT molecular complexity index is 642. The lowest BCUT2D eigenvalue weighted by atomic mass is 9.93. The van der Waals surface area contributed by atoms with Crippen LogP contribution in [0.3, 0.4) is 0 Å². The molecule has 3 atom stereocenters. The van der Waals surface area contributed by atoms with Gasteiger partial charge in [0.1, 0.15) is 0 Å². The van der Waals surface area contributed by atoms with Gasteiger partial charge in [0.05, 0.1) is 17.3 Å². The van der Waals surface area contributed by atoms with Gasteiger partial charge >= 0.3 is 0 Å². The first kappa shape index (κ1) is 15.1. The zero-order valence-corrected chi connectivity index (χ0v) is 13.2. The Hall–Kier alpha value is -1.81. The zero-order valence-electron chi connectivity index (χ0n) is 12.4. The maximum Gasteiger partial charge on any atom is 0.243 e. The average molecular weight is 319 g/mol. The molecule has 116 valence electrons. The lowest BCUT2D eigenvalue weighted by Gasteiger charge is -2.17. The number of carbonyl (C=O) groups excluding carboxylic acids is 2. The van der Waals surface area contributed by atoms with Crippen LogP contribution in [0, 0.1) is 24.7 Å². The van der Waals surface area contributed by atoms with E-state index >= 15 is 0 Å².